The molecule has 6 aromatic rings. The zero-order valence-electron chi connectivity index (χ0n) is 29.6. The lowest BCUT2D eigenvalue weighted by Crippen LogP contribution is -2.19. The molecular weight excluding hydrogens is 692 g/mol. The van der Waals surface area contributed by atoms with Gasteiger partial charge in [0.15, 0.2) is 0 Å². The summed E-state index contributed by atoms with van der Waals surface area (Å²) in [6.07, 6.45) is -0.00836. The van der Waals surface area contributed by atoms with Crippen molar-refractivity contribution < 1.29 is 27.3 Å². The van der Waals surface area contributed by atoms with Crippen LogP contribution in [0.3, 0.4) is 0 Å². The molecular formula is C41H33F2N7O4. The largest absolute Gasteiger partial charge is 0.492 e. The maximum Gasteiger partial charge on any atom is 0.394 e. The van der Waals surface area contributed by atoms with E-state index in [2.05, 4.69) is 51.8 Å². The fourth-order valence-corrected chi connectivity index (χ4v) is 7.47. The summed E-state index contributed by atoms with van der Waals surface area (Å²) < 4.78 is 48.9. The van der Waals surface area contributed by atoms with Gasteiger partial charge in [-0.15, -0.1) is 0 Å². The molecule has 2 atom stereocenters. The molecule has 0 bridgehead atoms. The molecule has 8 rings (SSSR count). The Kier molecular flexibility index (Phi) is 8.78. The number of hydrogen-bond donors (Lipinski definition) is 1. The van der Waals surface area contributed by atoms with Crippen LogP contribution in [0.25, 0.3) is 45.7 Å². The monoisotopic (exact) mass is 725 g/mol. The third-order valence-corrected chi connectivity index (χ3v) is 9.85. The summed E-state index contributed by atoms with van der Waals surface area (Å²) in [5.41, 5.74) is 8.58. The fraction of sp³-hybridized carbons (Fsp3) is 0.268. The highest BCUT2D eigenvalue weighted by molar-refractivity contribution is 5.80. The highest BCUT2D eigenvalue weighted by Crippen LogP contribution is 2.45. The highest BCUT2D eigenvalue weighted by atomic mass is 19.3. The maximum atomic E-state index is 13.6. The first-order valence-corrected chi connectivity index (χ1v) is 17.6. The van der Waals surface area contributed by atoms with E-state index in [9.17, 15) is 19.3 Å². The van der Waals surface area contributed by atoms with Crippen molar-refractivity contribution in [2.45, 2.75) is 64.5 Å². The second-order valence-corrected chi connectivity index (χ2v) is 13.5. The number of fused-ring (bicyclic) bond motifs is 2. The summed E-state index contributed by atoms with van der Waals surface area (Å²) in [5.74, 6) is 1.89. The third kappa shape index (κ3) is 6.49. The molecule has 13 heteroatoms. The van der Waals surface area contributed by atoms with Gasteiger partial charge in [0, 0.05) is 34.9 Å². The normalized spacial score (nSPS) is 16.0. The second kappa shape index (κ2) is 13.7. The summed E-state index contributed by atoms with van der Waals surface area (Å²) in [5, 5.41) is 31.7. The molecule has 0 aliphatic heterocycles. The molecule has 0 saturated carbocycles. The van der Waals surface area contributed by atoms with Crippen molar-refractivity contribution in [1.29, 1.82) is 10.5 Å². The Morgan fingerprint density at radius 2 is 1.65 bits per heavy atom. The summed E-state index contributed by atoms with van der Waals surface area (Å²) in [6.45, 7) is 5.16. The molecule has 2 unspecified atom stereocenters. The van der Waals surface area contributed by atoms with E-state index in [1.807, 2.05) is 31.2 Å². The van der Waals surface area contributed by atoms with E-state index in [4.69, 9.17) is 23.5 Å². The van der Waals surface area contributed by atoms with Gasteiger partial charge in [-0.1, -0.05) is 41.5 Å². The molecule has 1 N–H and O–H groups in total. The van der Waals surface area contributed by atoms with Gasteiger partial charge in [-0.25, -0.2) is 0 Å². The number of aromatic nitrogens is 4. The summed E-state index contributed by atoms with van der Waals surface area (Å²) >= 11 is 0. The minimum Gasteiger partial charge on any atom is -0.492 e. The van der Waals surface area contributed by atoms with Crippen LogP contribution >= 0.6 is 0 Å². The van der Waals surface area contributed by atoms with Crippen LogP contribution in [0.4, 0.5) is 14.5 Å². The molecule has 270 valence electrons. The van der Waals surface area contributed by atoms with Crippen molar-refractivity contribution in [1.82, 2.24) is 20.3 Å². The Morgan fingerprint density at radius 3 is 2.43 bits per heavy atom. The van der Waals surface area contributed by atoms with E-state index < -0.39 is 6.11 Å². The van der Waals surface area contributed by atoms with Crippen LogP contribution < -0.4 is 14.8 Å². The smallest absolute Gasteiger partial charge is 0.394 e. The Labute approximate surface area is 309 Å². The maximum absolute atomic E-state index is 13.6. The number of ether oxygens (including phenoxy) is 2. The van der Waals surface area contributed by atoms with Crippen molar-refractivity contribution in [3.63, 3.8) is 0 Å². The molecule has 2 aliphatic rings. The first-order chi connectivity index (χ1) is 26.1. The van der Waals surface area contributed by atoms with Gasteiger partial charge in [-0.05, 0) is 103 Å². The van der Waals surface area contributed by atoms with Gasteiger partial charge in [-0.2, -0.15) is 29.3 Å². The lowest BCUT2D eigenvalue weighted by molar-refractivity contribution is -0.158. The van der Waals surface area contributed by atoms with Gasteiger partial charge >= 0.3 is 6.11 Å². The highest BCUT2D eigenvalue weighted by Gasteiger charge is 2.31. The molecule has 4 aromatic carbocycles. The van der Waals surface area contributed by atoms with Gasteiger partial charge in [-0.3, -0.25) is 0 Å². The Morgan fingerprint density at radius 1 is 0.870 bits per heavy atom. The minimum absolute atomic E-state index is 0.0552. The zero-order valence-corrected chi connectivity index (χ0v) is 29.6. The minimum atomic E-state index is -3.44. The number of nitrogens with zero attached hydrogens (tertiary/aromatic N) is 6. The number of rotatable bonds is 10. The molecule has 0 fully saturated rings. The first-order valence-electron chi connectivity index (χ1n) is 17.6. The van der Waals surface area contributed by atoms with E-state index in [0.29, 0.717) is 53.9 Å². The Hall–Kier alpha value is -6.60. The summed E-state index contributed by atoms with van der Waals surface area (Å²) in [4.78, 5) is 9.44. The average Bonchev–Trinajstić information content (AvgIpc) is 3.99. The van der Waals surface area contributed by atoms with Crippen LogP contribution in [0.1, 0.15) is 79.0 Å². The van der Waals surface area contributed by atoms with Crippen molar-refractivity contribution in [2.75, 3.05) is 11.9 Å². The zero-order chi connectivity index (χ0) is 37.6. The summed E-state index contributed by atoms with van der Waals surface area (Å²) in [6, 6.07) is 23.6. The van der Waals surface area contributed by atoms with Crippen molar-refractivity contribution >= 4 is 5.69 Å². The van der Waals surface area contributed by atoms with E-state index in [-0.39, 0.29) is 28.8 Å². The molecule has 2 aliphatic carbocycles. The van der Waals surface area contributed by atoms with Crippen LogP contribution in [0.5, 0.6) is 11.5 Å². The van der Waals surface area contributed by atoms with E-state index in [0.717, 1.165) is 53.6 Å². The van der Waals surface area contributed by atoms with E-state index in [1.54, 1.807) is 12.1 Å². The third-order valence-electron chi connectivity index (χ3n) is 9.85. The van der Waals surface area contributed by atoms with Crippen molar-refractivity contribution in [2.24, 2.45) is 0 Å². The standard InChI is InChI=1S/C41H33F2N7O4/c1-4-51-35-15-9-24(18-26(35)21-45)39-48-38(50-53-39)36-31-10-8-22(2)28(31)11-14-34(36)46-33-13-12-29-30(33)6-5-7-32(29)37-47-40(54-49-37)25-16-23(20-44)17-27(19-25)52-41(3,42)43/h5-7,9,11,14-19,22,33,46H,4,8,10,12-13H2,1-3H3. The molecule has 0 radical (unpaired) electrons. The van der Waals surface area contributed by atoms with Crippen molar-refractivity contribution in [3.8, 4) is 69.3 Å². The molecule has 2 heterocycles. The van der Waals surface area contributed by atoms with Crippen LogP contribution in [-0.2, 0) is 12.8 Å². The summed E-state index contributed by atoms with van der Waals surface area (Å²) in [7, 11) is 0. The van der Waals surface area contributed by atoms with Crippen LogP contribution in [0.2, 0.25) is 0 Å². The van der Waals surface area contributed by atoms with Gasteiger partial charge in [0.05, 0.1) is 29.8 Å². The molecule has 11 nitrogen and oxygen atoms in total. The number of anilines is 1. The van der Waals surface area contributed by atoms with Gasteiger partial charge in [0.25, 0.3) is 11.8 Å². The molecule has 54 heavy (non-hydrogen) atoms. The van der Waals surface area contributed by atoms with E-state index >= 15 is 0 Å². The fourth-order valence-electron chi connectivity index (χ4n) is 7.47. The quantitative estimate of drug-likeness (QED) is 0.144. The second-order valence-electron chi connectivity index (χ2n) is 13.5. The van der Waals surface area contributed by atoms with Gasteiger partial charge in [0.1, 0.15) is 17.6 Å². The van der Waals surface area contributed by atoms with Gasteiger partial charge in [0.2, 0.25) is 11.6 Å². The number of hydrogen-bond acceptors (Lipinski definition) is 11. The Balaban J connectivity index is 1.10. The average molecular weight is 726 g/mol. The number of alkyl halides is 2. The predicted octanol–water partition coefficient (Wildman–Crippen LogP) is 9.40. The van der Waals surface area contributed by atoms with Crippen molar-refractivity contribution in [3.05, 3.63) is 100 Å². The molecule has 0 amide bonds. The lowest BCUT2D eigenvalue weighted by Gasteiger charge is -2.20. The number of benzene rings is 4. The van der Waals surface area contributed by atoms with E-state index in [1.165, 1.54) is 29.3 Å². The van der Waals surface area contributed by atoms with Crippen LogP contribution in [0.15, 0.2) is 75.8 Å². The lowest BCUT2D eigenvalue weighted by atomic mass is 9.96. The molecule has 0 saturated heterocycles. The molecule has 2 aromatic heterocycles. The predicted molar refractivity (Wildman–Crippen MR) is 194 cm³/mol. The topological polar surface area (TPSA) is 156 Å². The molecule has 0 spiro atoms. The first kappa shape index (κ1) is 34.5. The number of nitriles is 2. The SMILES string of the molecule is CCOc1ccc(-c2nc(-c3c(NC4CCc5c(-c6noc(-c7cc(C#N)cc(OC(C)(F)F)c7)n6)cccc54)ccc4c3CCC4C)no2)cc1C#N. The van der Waals surface area contributed by atoms with Crippen LogP contribution in [-0.4, -0.2) is 33.0 Å². The number of nitrogens with one attached hydrogen (secondary N) is 1. The van der Waals surface area contributed by atoms with Crippen LogP contribution in [0, 0.1) is 22.7 Å². The van der Waals surface area contributed by atoms with Gasteiger partial charge < -0.3 is 23.8 Å². The number of halogens is 2. The Bertz CT molecular complexity index is 2490.